The minimum absolute atomic E-state index is 0.0334. The first-order chi connectivity index (χ1) is 16.1. The molecule has 1 aliphatic rings. The van der Waals surface area contributed by atoms with E-state index in [4.69, 9.17) is 23.2 Å². The number of thiophene rings is 2. The molecule has 0 amide bonds. The predicted octanol–water partition coefficient (Wildman–Crippen LogP) is 4.61. The van der Waals surface area contributed by atoms with Gasteiger partial charge in [-0.2, -0.15) is 0 Å². The molecule has 172 valence electrons. The molecule has 4 aromatic heterocycles. The highest BCUT2D eigenvalue weighted by atomic mass is 35.5. The lowest BCUT2D eigenvalue weighted by Gasteiger charge is -2.23. The summed E-state index contributed by atoms with van der Waals surface area (Å²) >= 11 is 14.8. The van der Waals surface area contributed by atoms with Crippen molar-refractivity contribution in [3.05, 3.63) is 80.4 Å². The Kier molecular flexibility index (Phi) is 5.48. The molecular formula is C23H15Cl2N3O4S2. The molecule has 7 nitrogen and oxygen atoms in total. The SMILES string of the molecule is CCc1nc2c(c3c1C(=O)C(c1cc(Cl)cs1)=C(c1cc(Cl)cs1)C3=O)c(=O)n(C)c(=O)n2C. The zero-order valence-corrected chi connectivity index (χ0v) is 21.2. The van der Waals surface area contributed by atoms with Crippen molar-refractivity contribution in [2.45, 2.75) is 13.3 Å². The Morgan fingerprint density at radius 3 is 1.85 bits per heavy atom. The molecule has 0 N–H and O–H groups in total. The van der Waals surface area contributed by atoms with Crippen molar-refractivity contribution >= 4 is 79.6 Å². The molecule has 0 bridgehead atoms. The number of rotatable bonds is 3. The fourth-order valence-electron chi connectivity index (χ4n) is 4.20. The van der Waals surface area contributed by atoms with Crippen LogP contribution >= 0.6 is 45.9 Å². The van der Waals surface area contributed by atoms with Crippen molar-refractivity contribution in [1.29, 1.82) is 0 Å². The van der Waals surface area contributed by atoms with Crippen LogP contribution in [0.5, 0.6) is 0 Å². The molecule has 0 saturated carbocycles. The Balaban J connectivity index is 1.99. The number of Topliss-reactive ketones (excluding diaryl/α,β-unsaturated/α-hetero) is 2. The van der Waals surface area contributed by atoms with Gasteiger partial charge in [0, 0.05) is 34.6 Å². The van der Waals surface area contributed by atoms with Crippen molar-refractivity contribution in [3.8, 4) is 0 Å². The number of fused-ring (bicyclic) bond motifs is 3. The maximum atomic E-state index is 14.2. The van der Waals surface area contributed by atoms with Gasteiger partial charge in [-0.1, -0.05) is 30.1 Å². The van der Waals surface area contributed by atoms with Crippen molar-refractivity contribution in [2.24, 2.45) is 14.1 Å². The number of halogens is 2. The van der Waals surface area contributed by atoms with E-state index in [0.717, 1.165) is 4.57 Å². The summed E-state index contributed by atoms with van der Waals surface area (Å²) in [5.74, 6) is -0.916. The zero-order valence-electron chi connectivity index (χ0n) is 18.1. The van der Waals surface area contributed by atoms with Gasteiger partial charge < -0.3 is 0 Å². The third-order valence-electron chi connectivity index (χ3n) is 5.78. The molecule has 11 heteroatoms. The van der Waals surface area contributed by atoms with Gasteiger partial charge >= 0.3 is 5.69 Å². The van der Waals surface area contributed by atoms with E-state index >= 15 is 0 Å². The summed E-state index contributed by atoms with van der Waals surface area (Å²) < 4.78 is 2.13. The quantitative estimate of drug-likeness (QED) is 0.384. The Labute approximate surface area is 210 Å². The number of ketones is 2. The van der Waals surface area contributed by atoms with E-state index in [9.17, 15) is 19.2 Å². The lowest BCUT2D eigenvalue weighted by Crippen LogP contribution is -2.39. The molecule has 5 rings (SSSR count). The molecule has 4 heterocycles. The third-order valence-corrected chi connectivity index (χ3v) is 8.37. The first kappa shape index (κ1) is 22.9. The summed E-state index contributed by atoms with van der Waals surface area (Å²) in [5.41, 5.74) is -0.448. The maximum absolute atomic E-state index is 14.2. The van der Waals surface area contributed by atoms with E-state index in [1.165, 1.54) is 41.3 Å². The minimum Gasteiger partial charge on any atom is -0.288 e. The number of hydrogen-bond donors (Lipinski definition) is 0. The van der Waals surface area contributed by atoms with Crippen molar-refractivity contribution in [3.63, 3.8) is 0 Å². The van der Waals surface area contributed by atoms with E-state index in [0.29, 0.717) is 31.9 Å². The number of aryl methyl sites for hydroxylation is 2. The Morgan fingerprint density at radius 2 is 1.38 bits per heavy atom. The van der Waals surface area contributed by atoms with Crippen LogP contribution in [0, 0.1) is 0 Å². The van der Waals surface area contributed by atoms with Gasteiger partial charge in [0.2, 0.25) is 0 Å². The molecule has 4 aromatic rings. The predicted molar refractivity (Wildman–Crippen MR) is 136 cm³/mol. The van der Waals surface area contributed by atoms with Crippen molar-refractivity contribution in [2.75, 3.05) is 0 Å². The van der Waals surface area contributed by atoms with Crippen LogP contribution in [0.3, 0.4) is 0 Å². The number of nitrogens with zero attached hydrogens (tertiary/aromatic N) is 3. The topological polar surface area (TPSA) is 91.0 Å². The Bertz CT molecular complexity index is 1720. The van der Waals surface area contributed by atoms with Crippen LogP contribution in [-0.4, -0.2) is 25.7 Å². The highest BCUT2D eigenvalue weighted by Gasteiger charge is 2.39. The van der Waals surface area contributed by atoms with Gasteiger partial charge in [-0.05, 0) is 18.6 Å². The van der Waals surface area contributed by atoms with Gasteiger partial charge in [0.1, 0.15) is 5.65 Å². The molecule has 1 aliphatic carbocycles. The second kappa shape index (κ2) is 8.13. The standard InChI is InChI=1S/C23H15Cl2N3O4S2/c1-4-11-14-17(18-21(26-11)27(2)23(32)28(3)22(18)31)20(30)16(13-6-10(25)8-34-13)15(19(14)29)12-5-9(24)7-33-12/h5-8H,4H2,1-3H3. The lowest BCUT2D eigenvalue weighted by atomic mass is 9.80. The zero-order chi connectivity index (χ0) is 24.5. The molecule has 0 saturated heterocycles. The molecule has 0 spiro atoms. The van der Waals surface area contributed by atoms with Crippen LogP contribution in [0.25, 0.3) is 22.2 Å². The fraction of sp³-hybridized carbons (Fsp3) is 0.174. The number of pyridine rings is 1. The van der Waals surface area contributed by atoms with Crippen molar-refractivity contribution < 1.29 is 9.59 Å². The van der Waals surface area contributed by atoms with Gasteiger partial charge in [-0.15, -0.1) is 22.7 Å². The van der Waals surface area contributed by atoms with E-state index in [-0.39, 0.29) is 33.3 Å². The smallest absolute Gasteiger partial charge is 0.288 e. The summed E-state index contributed by atoms with van der Waals surface area (Å²) in [6, 6.07) is 3.25. The highest BCUT2D eigenvalue weighted by molar-refractivity contribution is 7.13. The monoisotopic (exact) mass is 531 g/mol. The highest BCUT2D eigenvalue weighted by Crippen LogP contribution is 2.44. The Hall–Kier alpha value is -2.85. The summed E-state index contributed by atoms with van der Waals surface area (Å²) in [5, 5.41) is 4.16. The summed E-state index contributed by atoms with van der Waals surface area (Å²) in [4.78, 5) is 59.5. The molecular weight excluding hydrogens is 517 g/mol. The van der Waals surface area contributed by atoms with Gasteiger partial charge in [0.25, 0.3) is 5.56 Å². The van der Waals surface area contributed by atoms with Crippen LogP contribution in [0.15, 0.2) is 32.5 Å². The van der Waals surface area contributed by atoms with Crippen molar-refractivity contribution in [1.82, 2.24) is 14.1 Å². The van der Waals surface area contributed by atoms with E-state index in [1.54, 1.807) is 29.8 Å². The van der Waals surface area contributed by atoms with Gasteiger partial charge in [-0.3, -0.25) is 23.5 Å². The Morgan fingerprint density at radius 1 is 0.853 bits per heavy atom. The number of allylic oxidation sites excluding steroid dienone is 2. The average molecular weight is 532 g/mol. The number of hydrogen-bond acceptors (Lipinski definition) is 7. The second-order valence-electron chi connectivity index (χ2n) is 7.73. The van der Waals surface area contributed by atoms with Gasteiger partial charge in [0.05, 0.1) is 43.4 Å². The molecule has 0 unspecified atom stereocenters. The molecule has 0 radical (unpaired) electrons. The van der Waals surface area contributed by atoms with Crippen LogP contribution in [0.4, 0.5) is 0 Å². The first-order valence-electron chi connectivity index (χ1n) is 10.1. The minimum atomic E-state index is -0.683. The molecule has 0 fully saturated rings. The van der Waals surface area contributed by atoms with Crippen LogP contribution in [0.2, 0.25) is 10.0 Å². The summed E-state index contributed by atoms with van der Waals surface area (Å²) in [7, 11) is 2.81. The normalized spacial score (nSPS) is 13.8. The number of carbonyl (C=O) groups excluding carboxylic acids is 2. The second-order valence-corrected chi connectivity index (χ2v) is 10.4. The summed E-state index contributed by atoms with van der Waals surface area (Å²) in [6.07, 6.45) is 0.319. The van der Waals surface area contributed by atoms with Crippen LogP contribution < -0.4 is 11.2 Å². The summed E-state index contributed by atoms with van der Waals surface area (Å²) in [6.45, 7) is 1.80. The number of aromatic nitrogens is 3. The van der Waals surface area contributed by atoms with Crippen LogP contribution in [-0.2, 0) is 20.5 Å². The van der Waals surface area contributed by atoms with Crippen LogP contribution in [0.1, 0.15) is 43.1 Å². The number of carbonyl (C=O) groups is 2. The molecule has 0 aromatic carbocycles. The maximum Gasteiger partial charge on any atom is 0.332 e. The molecule has 0 aliphatic heterocycles. The van der Waals surface area contributed by atoms with E-state index in [1.807, 2.05) is 0 Å². The van der Waals surface area contributed by atoms with Gasteiger partial charge in [-0.25, -0.2) is 9.78 Å². The van der Waals surface area contributed by atoms with E-state index in [2.05, 4.69) is 4.98 Å². The third kappa shape index (κ3) is 3.19. The fourth-order valence-corrected chi connectivity index (χ4v) is 6.44. The molecule has 34 heavy (non-hydrogen) atoms. The first-order valence-corrected chi connectivity index (χ1v) is 12.6. The largest absolute Gasteiger partial charge is 0.332 e. The average Bonchev–Trinajstić information content (AvgIpc) is 3.44. The van der Waals surface area contributed by atoms with Gasteiger partial charge in [0.15, 0.2) is 11.6 Å². The lowest BCUT2D eigenvalue weighted by molar-refractivity contribution is 0.101. The van der Waals surface area contributed by atoms with E-state index < -0.39 is 22.8 Å². The molecule has 0 atom stereocenters.